The zero-order valence-electron chi connectivity index (χ0n) is 10.5. The van der Waals surface area contributed by atoms with Crippen LogP contribution in [0.2, 0.25) is 0 Å². The second-order valence-corrected chi connectivity index (χ2v) is 4.70. The van der Waals surface area contributed by atoms with Crippen LogP contribution in [0.3, 0.4) is 0 Å². The summed E-state index contributed by atoms with van der Waals surface area (Å²) in [6, 6.07) is 8.42. The number of hydrogen-bond acceptors (Lipinski definition) is 4. The highest BCUT2D eigenvalue weighted by atomic mass is 16.3. The lowest BCUT2D eigenvalue weighted by Crippen LogP contribution is -2.27. The summed E-state index contributed by atoms with van der Waals surface area (Å²) in [6.07, 6.45) is 1.94. The second kappa shape index (κ2) is 4.76. The maximum absolute atomic E-state index is 12.0. The zero-order chi connectivity index (χ0) is 13.2. The summed E-state index contributed by atoms with van der Waals surface area (Å²) in [5.74, 6) is 0.221. The van der Waals surface area contributed by atoms with Crippen LogP contribution in [0.25, 0.3) is 0 Å². The Morgan fingerprint density at radius 1 is 1.32 bits per heavy atom. The molecule has 5 heteroatoms. The summed E-state index contributed by atoms with van der Waals surface area (Å²) in [4.78, 5) is 12.0. The Labute approximate surface area is 110 Å². The van der Waals surface area contributed by atoms with Crippen molar-refractivity contribution < 1.29 is 5.11 Å². The third kappa shape index (κ3) is 2.45. The van der Waals surface area contributed by atoms with Gasteiger partial charge in [-0.3, -0.25) is 4.79 Å². The van der Waals surface area contributed by atoms with Crippen molar-refractivity contribution >= 4 is 5.69 Å². The molecular formula is C14H15N3O2. The van der Waals surface area contributed by atoms with Crippen LogP contribution in [0.1, 0.15) is 17.7 Å². The van der Waals surface area contributed by atoms with Crippen LogP contribution < -0.4 is 10.9 Å². The molecule has 98 valence electrons. The Bertz CT molecular complexity index is 647. The predicted molar refractivity (Wildman–Crippen MR) is 72.5 cm³/mol. The number of aryl methyl sites for hydroxylation is 1. The van der Waals surface area contributed by atoms with Crippen LogP contribution in [0.4, 0.5) is 5.69 Å². The fourth-order valence-electron chi connectivity index (χ4n) is 2.23. The van der Waals surface area contributed by atoms with Gasteiger partial charge in [0.1, 0.15) is 5.75 Å². The van der Waals surface area contributed by atoms with Crippen molar-refractivity contribution in [1.82, 2.24) is 9.78 Å². The predicted octanol–water partition coefficient (Wildman–Crippen LogP) is 1.36. The summed E-state index contributed by atoms with van der Waals surface area (Å²) in [5, 5.41) is 16.8. The number of rotatable bonds is 2. The highest BCUT2D eigenvalue weighted by Gasteiger charge is 2.12. The Hall–Kier alpha value is -2.30. The normalized spacial score (nSPS) is 13.7. The summed E-state index contributed by atoms with van der Waals surface area (Å²) in [6.45, 7) is 1.32. The van der Waals surface area contributed by atoms with Gasteiger partial charge in [0.2, 0.25) is 0 Å². The molecule has 0 fully saturated rings. The number of aromatic nitrogens is 2. The minimum atomic E-state index is -0.110. The van der Waals surface area contributed by atoms with Gasteiger partial charge in [-0.05, 0) is 30.5 Å². The number of phenols is 1. The monoisotopic (exact) mass is 257 g/mol. The van der Waals surface area contributed by atoms with E-state index in [0.29, 0.717) is 6.54 Å². The van der Waals surface area contributed by atoms with Gasteiger partial charge in [-0.1, -0.05) is 12.1 Å². The first-order valence-corrected chi connectivity index (χ1v) is 6.35. The van der Waals surface area contributed by atoms with Gasteiger partial charge in [0.25, 0.3) is 5.56 Å². The van der Waals surface area contributed by atoms with Crippen molar-refractivity contribution in [3.05, 3.63) is 51.9 Å². The van der Waals surface area contributed by atoms with Crippen LogP contribution in [0.5, 0.6) is 5.75 Å². The van der Waals surface area contributed by atoms with E-state index in [-0.39, 0.29) is 11.3 Å². The van der Waals surface area contributed by atoms with E-state index < -0.39 is 0 Å². The topological polar surface area (TPSA) is 67.2 Å². The maximum atomic E-state index is 12.0. The zero-order valence-corrected chi connectivity index (χ0v) is 10.5. The Kier molecular flexibility index (Phi) is 2.95. The molecule has 0 atom stereocenters. The number of anilines is 1. The molecule has 2 heterocycles. The smallest absolute Gasteiger partial charge is 0.269 e. The van der Waals surface area contributed by atoms with E-state index in [1.54, 1.807) is 30.3 Å². The van der Waals surface area contributed by atoms with Gasteiger partial charge >= 0.3 is 0 Å². The lowest BCUT2D eigenvalue weighted by molar-refractivity contribution is 0.475. The molecule has 3 rings (SSSR count). The Morgan fingerprint density at radius 3 is 2.89 bits per heavy atom. The average molecular weight is 257 g/mol. The van der Waals surface area contributed by atoms with E-state index in [1.165, 1.54) is 4.68 Å². The summed E-state index contributed by atoms with van der Waals surface area (Å²) >= 11 is 0. The fraction of sp³-hybridized carbons (Fsp3) is 0.286. The van der Waals surface area contributed by atoms with Crippen molar-refractivity contribution in [1.29, 1.82) is 0 Å². The number of nitrogens with zero attached hydrogens (tertiary/aromatic N) is 2. The van der Waals surface area contributed by atoms with Crippen molar-refractivity contribution in [3.8, 4) is 5.75 Å². The number of aromatic hydroxyl groups is 1. The first-order valence-electron chi connectivity index (χ1n) is 6.35. The first-order chi connectivity index (χ1) is 9.22. The van der Waals surface area contributed by atoms with E-state index in [0.717, 1.165) is 36.3 Å². The molecule has 0 amide bonds. The van der Waals surface area contributed by atoms with Gasteiger partial charge in [0, 0.05) is 12.6 Å². The van der Waals surface area contributed by atoms with E-state index in [2.05, 4.69) is 10.4 Å². The molecule has 0 bridgehead atoms. The van der Waals surface area contributed by atoms with E-state index in [4.69, 9.17) is 0 Å². The van der Waals surface area contributed by atoms with E-state index in [1.807, 2.05) is 0 Å². The first kappa shape index (κ1) is 11.8. The molecule has 19 heavy (non-hydrogen) atoms. The lowest BCUT2D eigenvalue weighted by Gasteiger charge is -2.17. The second-order valence-electron chi connectivity index (χ2n) is 4.70. The third-order valence-electron chi connectivity index (χ3n) is 3.25. The van der Waals surface area contributed by atoms with Gasteiger partial charge in [-0.2, -0.15) is 5.10 Å². The molecule has 0 saturated carbocycles. The van der Waals surface area contributed by atoms with Crippen LogP contribution in [-0.4, -0.2) is 21.4 Å². The third-order valence-corrected chi connectivity index (χ3v) is 3.25. The number of fused-ring (bicyclic) bond motifs is 1. The van der Waals surface area contributed by atoms with Crippen molar-refractivity contribution in [2.45, 2.75) is 19.4 Å². The van der Waals surface area contributed by atoms with Crippen LogP contribution >= 0.6 is 0 Å². The molecule has 5 nitrogen and oxygen atoms in total. The standard InChI is InChI=1S/C14H15N3O2/c18-11-5-3-10(4-6-11)9-17-14(19)8-13-12(16-17)2-1-7-15-13/h3-6,8,15,18H,1-2,7,9H2. The van der Waals surface area contributed by atoms with Crippen LogP contribution in [0.15, 0.2) is 35.1 Å². The number of phenolic OH excluding ortho intramolecular Hbond substituents is 1. The van der Waals surface area contributed by atoms with Crippen molar-refractivity contribution in [3.63, 3.8) is 0 Å². The molecular weight excluding hydrogens is 242 g/mol. The summed E-state index contributed by atoms with van der Waals surface area (Å²) in [7, 11) is 0. The molecule has 1 aromatic heterocycles. The molecule has 0 radical (unpaired) electrons. The largest absolute Gasteiger partial charge is 0.508 e. The van der Waals surface area contributed by atoms with Gasteiger partial charge in [0.15, 0.2) is 0 Å². The van der Waals surface area contributed by atoms with Gasteiger partial charge in [-0.25, -0.2) is 4.68 Å². The minimum absolute atomic E-state index is 0.110. The van der Waals surface area contributed by atoms with Gasteiger partial charge in [0.05, 0.1) is 17.9 Å². The van der Waals surface area contributed by atoms with Gasteiger partial charge in [-0.15, -0.1) is 0 Å². The molecule has 1 aromatic carbocycles. The van der Waals surface area contributed by atoms with Crippen molar-refractivity contribution in [2.24, 2.45) is 0 Å². The maximum Gasteiger partial charge on any atom is 0.269 e. The fourth-order valence-corrected chi connectivity index (χ4v) is 2.23. The van der Waals surface area contributed by atoms with Gasteiger partial charge < -0.3 is 10.4 Å². The summed E-state index contributed by atoms with van der Waals surface area (Å²) in [5.41, 5.74) is 2.64. The van der Waals surface area contributed by atoms with E-state index in [9.17, 15) is 9.90 Å². The SMILES string of the molecule is O=c1cc2c(nn1Cc1ccc(O)cc1)CCCN2. The van der Waals surface area contributed by atoms with Crippen molar-refractivity contribution in [2.75, 3.05) is 11.9 Å². The van der Waals surface area contributed by atoms with E-state index >= 15 is 0 Å². The Balaban J connectivity index is 1.92. The molecule has 0 aliphatic carbocycles. The number of hydrogen-bond donors (Lipinski definition) is 2. The van der Waals surface area contributed by atoms with Crippen LogP contribution in [0, 0.1) is 0 Å². The average Bonchev–Trinajstić information content (AvgIpc) is 2.42. The molecule has 1 aliphatic rings. The minimum Gasteiger partial charge on any atom is -0.508 e. The highest BCUT2D eigenvalue weighted by Crippen LogP contribution is 2.17. The quantitative estimate of drug-likeness (QED) is 0.852. The number of benzene rings is 1. The molecule has 2 aromatic rings. The highest BCUT2D eigenvalue weighted by molar-refractivity contribution is 5.48. The molecule has 2 N–H and O–H groups in total. The molecule has 0 spiro atoms. The lowest BCUT2D eigenvalue weighted by atomic mass is 10.1. The molecule has 0 unspecified atom stereocenters. The number of nitrogens with one attached hydrogen (secondary N) is 1. The molecule has 0 saturated heterocycles. The van der Waals surface area contributed by atoms with Crippen LogP contribution in [-0.2, 0) is 13.0 Å². The molecule has 1 aliphatic heterocycles. The Morgan fingerprint density at radius 2 is 2.11 bits per heavy atom. The summed E-state index contributed by atoms with van der Waals surface area (Å²) < 4.78 is 1.47.